The van der Waals surface area contributed by atoms with E-state index < -0.39 is 10.8 Å². The maximum Gasteiger partial charge on any atom is 0.141 e. The molecule has 4 aromatic rings. The van der Waals surface area contributed by atoms with Crippen molar-refractivity contribution >= 4 is 21.8 Å². The Labute approximate surface area is 166 Å². The highest BCUT2D eigenvalue weighted by molar-refractivity contribution is 7.83. The molecule has 4 rings (SSSR count). The summed E-state index contributed by atoms with van der Waals surface area (Å²) in [4.78, 5) is 4.73. The van der Waals surface area contributed by atoms with Crippen LogP contribution in [0.5, 0.6) is 11.5 Å². The molecule has 0 unspecified atom stereocenters. The number of imidazole rings is 1. The van der Waals surface area contributed by atoms with Crippen LogP contribution in [0.15, 0.2) is 72.8 Å². The Hall–Kier alpha value is -3.12. The Kier molecular flexibility index (Phi) is 6.11. The maximum atomic E-state index is 9.80. The topological polar surface area (TPSA) is 75.3 Å². The normalized spacial score (nSPS) is 10.7. The molecule has 3 aromatic carbocycles. The lowest BCUT2D eigenvalue weighted by Gasteiger charge is -2.10. The van der Waals surface area contributed by atoms with Gasteiger partial charge in [-0.1, -0.05) is 36.4 Å². The largest absolute Gasteiger partial charge is 0.508 e. The second kappa shape index (κ2) is 8.71. The number of fused-ring (bicyclic) bond motifs is 1. The number of aromatic hydroxyl groups is 2. The highest BCUT2D eigenvalue weighted by Gasteiger charge is 2.13. The Morgan fingerprint density at radius 3 is 2.21 bits per heavy atom. The van der Waals surface area contributed by atoms with E-state index in [2.05, 4.69) is 4.57 Å². The number of hydrogen-bond donors (Lipinski definition) is 2. The van der Waals surface area contributed by atoms with Crippen molar-refractivity contribution in [3.8, 4) is 22.9 Å². The van der Waals surface area contributed by atoms with Gasteiger partial charge in [-0.15, -0.1) is 0 Å². The average molecular weight is 394 g/mol. The Balaban J connectivity index is 0.000000516. The molecular formula is C22H22N2O3S. The van der Waals surface area contributed by atoms with Crippen LogP contribution in [0.4, 0.5) is 0 Å². The van der Waals surface area contributed by atoms with E-state index in [1.165, 1.54) is 0 Å². The number of para-hydroxylation sites is 2. The zero-order chi connectivity index (χ0) is 20.1. The van der Waals surface area contributed by atoms with Crippen molar-refractivity contribution in [2.75, 3.05) is 12.5 Å². The molecule has 0 bridgehead atoms. The van der Waals surface area contributed by atoms with Crippen molar-refractivity contribution in [2.45, 2.75) is 6.54 Å². The minimum absolute atomic E-state index is 0.212. The minimum Gasteiger partial charge on any atom is -0.508 e. The second-order valence-corrected chi connectivity index (χ2v) is 7.96. The van der Waals surface area contributed by atoms with Crippen LogP contribution in [0.1, 0.15) is 5.56 Å². The zero-order valence-corrected chi connectivity index (χ0v) is 16.6. The quantitative estimate of drug-likeness (QED) is 0.547. The number of phenolic OH excluding ortho intramolecular Hbond substituents is 2. The third-order valence-electron chi connectivity index (χ3n) is 4.01. The first kappa shape index (κ1) is 19.6. The summed E-state index contributed by atoms with van der Waals surface area (Å²) < 4.78 is 11.7. The fourth-order valence-corrected chi connectivity index (χ4v) is 2.94. The fraction of sp³-hybridized carbons (Fsp3) is 0.136. The van der Waals surface area contributed by atoms with E-state index >= 15 is 0 Å². The molecule has 28 heavy (non-hydrogen) atoms. The van der Waals surface area contributed by atoms with Crippen LogP contribution in [0.3, 0.4) is 0 Å². The van der Waals surface area contributed by atoms with Gasteiger partial charge in [0.2, 0.25) is 0 Å². The summed E-state index contributed by atoms with van der Waals surface area (Å²) in [5, 5.41) is 19.5. The maximum absolute atomic E-state index is 9.80. The van der Waals surface area contributed by atoms with Crippen molar-refractivity contribution in [2.24, 2.45) is 0 Å². The van der Waals surface area contributed by atoms with E-state index in [0.29, 0.717) is 6.54 Å². The van der Waals surface area contributed by atoms with Gasteiger partial charge in [-0.25, -0.2) is 4.98 Å². The monoisotopic (exact) mass is 394 g/mol. The van der Waals surface area contributed by atoms with E-state index in [4.69, 9.17) is 4.98 Å². The Morgan fingerprint density at radius 2 is 1.54 bits per heavy atom. The molecule has 144 valence electrons. The van der Waals surface area contributed by atoms with Gasteiger partial charge in [0.1, 0.15) is 17.3 Å². The van der Waals surface area contributed by atoms with E-state index in [1.807, 2.05) is 48.5 Å². The van der Waals surface area contributed by atoms with Gasteiger partial charge in [-0.2, -0.15) is 0 Å². The van der Waals surface area contributed by atoms with Crippen LogP contribution in [-0.2, 0) is 17.3 Å². The van der Waals surface area contributed by atoms with E-state index in [9.17, 15) is 14.4 Å². The van der Waals surface area contributed by atoms with Gasteiger partial charge in [0, 0.05) is 35.4 Å². The van der Waals surface area contributed by atoms with Crippen molar-refractivity contribution in [1.29, 1.82) is 0 Å². The van der Waals surface area contributed by atoms with E-state index in [1.54, 1.807) is 36.8 Å². The SMILES string of the molecule is CS(C)=O.Oc1cccc(Cn2c(-c3cccc(O)c3)nc3ccccc32)c1. The second-order valence-electron chi connectivity index (χ2n) is 6.47. The van der Waals surface area contributed by atoms with Gasteiger partial charge < -0.3 is 14.8 Å². The molecule has 1 heterocycles. The molecule has 2 N–H and O–H groups in total. The molecule has 0 aliphatic carbocycles. The van der Waals surface area contributed by atoms with E-state index in [0.717, 1.165) is 28.0 Å². The lowest BCUT2D eigenvalue weighted by molar-refractivity contribution is 0.474. The fourth-order valence-electron chi connectivity index (χ4n) is 2.94. The highest BCUT2D eigenvalue weighted by Crippen LogP contribution is 2.28. The number of benzene rings is 3. The average Bonchev–Trinajstić information content (AvgIpc) is 3.00. The molecule has 0 amide bonds. The minimum atomic E-state index is -0.611. The van der Waals surface area contributed by atoms with Crippen LogP contribution >= 0.6 is 0 Å². The highest BCUT2D eigenvalue weighted by atomic mass is 32.2. The number of phenols is 2. The number of hydrogen-bond acceptors (Lipinski definition) is 4. The molecule has 0 aliphatic rings. The first-order valence-corrected chi connectivity index (χ1v) is 10.7. The summed E-state index contributed by atoms with van der Waals surface area (Å²) in [6.45, 7) is 0.583. The molecule has 0 aliphatic heterocycles. The van der Waals surface area contributed by atoms with Crippen LogP contribution < -0.4 is 0 Å². The smallest absolute Gasteiger partial charge is 0.141 e. The van der Waals surface area contributed by atoms with E-state index in [-0.39, 0.29) is 11.5 Å². The van der Waals surface area contributed by atoms with Gasteiger partial charge in [0.15, 0.2) is 0 Å². The molecular weight excluding hydrogens is 372 g/mol. The lowest BCUT2D eigenvalue weighted by Crippen LogP contribution is -2.02. The van der Waals surface area contributed by atoms with Gasteiger partial charge in [-0.3, -0.25) is 4.21 Å². The summed E-state index contributed by atoms with van der Waals surface area (Å²) in [5.74, 6) is 1.25. The van der Waals surface area contributed by atoms with Crippen LogP contribution in [-0.4, -0.2) is 36.5 Å². The number of nitrogens with zero attached hydrogens (tertiary/aromatic N) is 2. The molecule has 0 saturated carbocycles. The lowest BCUT2D eigenvalue weighted by atomic mass is 10.1. The van der Waals surface area contributed by atoms with Gasteiger partial charge in [0.05, 0.1) is 11.0 Å². The molecule has 1 aromatic heterocycles. The summed E-state index contributed by atoms with van der Waals surface area (Å²) in [6.07, 6.45) is 3.28. The molecule has 5 nitrogen and oxygen atoms in total. The molecule has 0 fully saturated rings. The van der Waals surface area contributed by atoms with Crippen LogP contribution in [0, 0.1) is 0 Å². The van der Waals surface area contributed by atoms with Gasteiger partial charge in [0.25, 0.3) is 0 Å². The first-order valence-electron chi connectivity index (χ1n) is 8.71. The third-order valence-corrected chi connectivity index (χ3v) is 4.01. The summed E-state index contributed by atoms with van der Waals surface area (Å²) in [5.41, 5.74) is 3.75. The number of aromatic nitrogens is 2. The standard InChI is InChI=1S/C20H16N2O2.C2H6OS/c23-16-7-3-5-14(11-16)13-22-19-10-2-1-9-18(19)21-20(22)15-6-4-8-17(24)12-15;1-4(2)3/h1-12,23-24H,13H2;1-2H3. The molecule has 6 heteroatoms. The van der Waals surface area contributed by atoms with Crippen molar-refractivity contribution in [3.05, 3.63) is 78.4 Å². The van der Waals surface area contributed by atoms with Gasteiger partial charge >= 0.3 is 0 Å². The molecule has 0 spiro atoms. The predicted molar refractivity (Wildman–Crippen MR) is 114 cm³/mol. The third kappa shape index (κ3) is 4.78. The van der Waals surface area contributed by atoms with Crippen LogP contribution in [0.25, 0.3) is 22.4 Å². The summed E-state index contributed by atoms with van der Waals surface area (Å²) in [7, 11) is -0.611. The number of rotatable bonds is 3. The predicted octanol–water partition coefficient (Wildman–Crippen LogP) is 4.16. The molecule has 0 radical (unpaired) electrons. The summed E-state index contributed by atoms with van der Waals surface area (Å²) in [6, 6.07) is 22.2. The zero-order valence-electron chi connectivity index (χ0n) is 15.7. The van der Waals surface area contributed by atoms with Gasteiger partial charge in [-0.05, 0) is 42.0 Å². The van der Waals surface area contributed by atoms with Crippen molar-refractivity contribution < 1.29 is 14.4 Å². The van der Waals surface area contributed by atoms with Crippen LogP contribution in [0.2, 0.25) is 0 Å². The molecule has 0 saturated heterocycles. The Bertz CT molecular complexity index is 1120. The molecule has 0 atom stereocenters. The van der Waals surface area contributed by atoms with Crippen molar-refractivity contribution in [1.82, 2.24) is 9.55 Å². The summed E-state index contributed by atoms with van der Waals surface area (Å²) >= 11 is 0. The van der Waals surface area contributed by atoms with Crippen molar-refractivity contribution in [3.63, 3.8) is 0 Å². The Morgan fingerprint density at radius 1 is 0.893 bits per heavy atom. The first-order chi connectivity index (χ1) is 13.4.